The summed E-state index contributed by atoms with van der Waals surface area (Å²) in [6, 6.07) is 24.1. The van der Waals surface area contributed by atoms with Crippen LogP contribution in [0.15, 0.2) is 78.9 Å². The van der Waals surface area contributed by atoms with Gasteiger partial charge in [0.2, 0.25) is 5.91 Å². The van der Waals surface area contributed by atoms with E-state index in [1.54, 1.807) is 18.2 Å². The Balaban J connectivity index is 1.67. The standard InChI is InChI=1S/C25H21FN2O2/c26-21-13-7-6-11-19(21)18-10-4-5-12-20(18)25-22(15-27)28(23(25)16-29)24(30)14-17-8-2-1-3-9-17/h1-13,22-23,25,29H,14,16H2/t22-,23+,25-/m0/s1. The van der Waals surface area contributed by atoms with E-state index >= 15 is 0 Å². The third-order valence-electron chi connectivity index (χ3n) is 5.70. The van der Waals surface area contributed by atoms with Gasteiger partial charge in [-0.3, -0.25) is 4.79 Å². The van der Waals surface area contributed by atoms with Crippen LogP contribution in [0.4, 0.5) is 4.39 Å². The lowest BCUT2D eigenvalue weighted by molar-refractivity contribution is -0.146. The van der Waals surface area contributed by atoms with Gasteiger partial charge in [0.15, 0.2) is 0 Å². The Morgan fingerprint density at radius 1 is 0.967 bits per heavy atom. The molecule has 0 unspecified atom stereocenters. The molecule has 0 spiro atoms. The molecule has 1 heterocycles. The van der Waals surface area contributed by atoms with Crippen LogP contribution in [0.25, 0.3) is 11.1 Å². The van der Waals surface area contributed by atoms with E-state index in [0.29, 0.717) is 11.1 Å². The largest absolute Gasteiger partial charge is 0.394 e. The van der Waals surface area contributed by atoms with Gasteiger partial charge in [0, 0.05) is 11.5 Å². The van der Waals surface area contributed by atoms with Gasteiger partial charge < -0.3 is 10.0 Å². The van der Waals surface area contributed by atoms with Crippen molar-refractivity contribution in [2.24, 2.45) is 0 Å². The van der Waals surface area contributed by atoms with Crippen molar-refractivity contribution in [3.8, 4) is 17.2 Å². The second kappa shape index (κ2) is 8.48. The number of aliphatic hydroxyl groups is 1. The first-order chi connectivity index (χ1) is 14.7. The minimum Gasteiger partial charge on any atom is -0.394 e. The molecule has 1 fully saturated rings. The highest BCUT2D eigenvalue weighted by Gasteiger charge is 2.52. The Bertz CT molecular complexity index is 1090. The second-order valence-electron chi connectivity index (χ2n) is 7.38. The number of aliphatic hydroxyl groups excluding tert-OH is 1. The molecule has 3 atom stereocenters. The monoisotopic (exact) mass is 400 g/mol. The van der Waals surface area contributed by atoms with E-state index in [0.717, 1.165) is 11.1 Å². The quantitative estimate of drug-likeness (QED) is 0.706. The number of benzene rings is 3. The molecule has 4 nitrogen and oxygen atoms in total. The molecule has 3 aromatic carbocycles. The smallest absolute Gasteiger partial charge is 0.228 e. The Morgan fingerprint density at radius 3 is 2.27 bits per heavy atom. The first kappa shape index (κ1) is 19.8. The zero-order valence-electron chi connectivity index (χ0n) is 16.3. The molecular weight excluding hydrogens is 379 g/mol. The van der Waals surface area contributed by atoms with Gasteiger partial charge in [-0.25, -0.2) is 4.39 Å². The van der Waals surface area contributed by atoms with Crippen LogP contribution in [0.2, 0.25) is 0 Å². The summed E-state index contributed by atoms with van der Waals surface area (Å²) in [5.74, 6) is -0.947. The first-order valence-corrected chi connectivity index (χ1v) is 9.85. The number of amides is 1. The lowest BCUT2D eigenvalue weighted by atomic mass is 9.73. The van der Waals surface area contributed by atoms with Gasteiger partial charge in [-0.2, -0.15) is 5.26 Å². The highest BCUT2D eigenvalue weighted by molar-refractivity contribution is 5.82. The van der Waals surface area contributed by atoms with Crippen LogP contribution in [-0.2, 0) is 11.2 Å². The molecule has 1 N–H and O–H groups in total. The minimum atomic E-state index is -0.716. The fraction of sp³-hybridized carbons (Fsp3) is 0.200. The average Bonchev–Trinajstić information content (AvgIpc) is 2.75. The van der Waals surface area contributed by atoms with Crippen LogP contribution < -0.4 is 0 Å². The number of nitrogens with zero attached hydrogens (tertiary/aromatic N) is 2. The SMILES string of the molecule is N#C[C@H]1[C@H](c2ccccc2-c2ccccc2F)[C@@H](CO)N1C(=O)Cc1ccccc1. The fourth-order valence-corrected chi connectivity index (χ4v) is 4.30. The topological polar surface area (TPSA) is 64.3 Å². The Morgan fingerprint density at radius 2 is 1.60 bits per heavy atom. The molecule has 5 heteroatoms. The predicted molar refractivity (Wildman–Crippen MR) is 112 cm³/mol. The first-order valence-electron chi connectivity index (χ1n) is 9.85. The van der Waals surface area contributed by atoms with E-state index in [4.69, 9.17) is 0 Å². The average molecular weight is 400 g/mol. The summed E-state index contributed by atoms with van der Waals surface area (Å²) < 4.78 is 14.5. The van der Waals surface area contributed by atoms with Crippen LogP contribution in [0.3, 0.4) is 0 Å². The highest BCUT2D eigenvalue weighted by Crippen LogP contribution is 2.44. The van der Waals surface area contributed by atoms with E-state index in [2.05, 4.69) is 6.07 Å². The highest BCUT2D eigenvalue weighted by atomic mass is 19.1. The predicted octanol–water partition coefficient (Wildman–Crippen LogP) is 3.91. The van der Waals surface area contributed by atoms with Gasteiger partial charge in [0.1, 0.15) is 11.9 Å². The van der Waals surface area contributed by atoms with E-state index in [1.807, 2.05) is 54.6 Å². The number of nitriles is 1. The normalized spacial score (nSPS) is 20.3. The minimum absolute atomic E-state index is 0.164. The summed E-state index contributed by atoms with van der Waals surface area (Å²) in [7, 11) is 0. The third-order valence-corrected chi connectivity index (χ3v) is 5.70. The van der Waals surface area contributed by atoms with Gasteiger partial charge in [-0.15, -0.1) is 0 Å². The van der Waals surface area contributed by atoms with Crippen molar-refractivity contribution in [2.75, 3.05) is 6.61 Å². The van der Waals surface area contributed by atoms with Crippen molar-refractivity contribution in [2.45, 2.75) is 24.4 Å². The van der Waals surface area contributed by atoms with E-state index in [1.165, 1.54) is 11.0 Å². The number of likely N-dealkylation sites (tertiary alicyclic amines) is 1. The molecule has 1 aliphatic heterocycles. The molecule has 1 aliphatic rings. The van der Waals surface area contributed by atoms with E-state index in [9.17, 15) is 19.6 Å². The molecule has 0 radical (unpaired) electrons. The lowest BCUT2D eigenvalue weighted by Gasteiger charge is -2.52. The van der Waals surface area contributed by atoms with Crippen molar-refractivity contribution >= 4 is 5.91 Å². The molecule has 1 amide bonds. The zero-order chi connectivity index (χ0) is 21.1. The van der Waals surface area contributed by atoms with Crippen LogP contribution in [-0.4, -0.2) is 34.6 Å². The summed E-state index contributed by atoms with van der Waals surface area (Å²) in [5, 5.41) is 19.9. The van der Waals surface area contributed by atoms with Crippen molar-refractivity contribution in [1.29, 1.82) is 5.26 Å². The molecule has 30 heavy (non-hydrogen) atoms. The van der Waals surface area contributed by atoms with Gasteiger partial charge >= 0.3 is 0 Å². The zero-order valence-corrected chi connectivity index (χ0v) is 16.3. The Kier molecular flexibility index (Phi) is 5.60. The van der Waals surface area contributed by atoms with Gasteiger partial charge in [-0.05, 0) is 22.8 Å². The van der Waals surface area contributed by atoms with Crippen molar-refractivity contribution < 1.29 is 14.3 Å². The van der Waals surface area contributed by atoms with Crippen LogP contribution in [0, 0.1) is 17.1 Å². The molecule has 3 aromatic rings. The summed E-state index contributed by atoms with van der Waals surface area (Å²) in [5.41, 5.74) is 2.73. The maximum absolute atomic E-state index is 14.5. The van der Waals surface area contributed by atoms with E-state index < -0.39 is 18.0 Å². The summed E-state index contributed by atoms with van der Waals surface area (Å²) in [6.07, 6.45) is 0.164. The molecule has 0 aliphatic carbocycles. The van der Waals surface area contributed by atoms with Crippen molar-refractivity contribution in [3.63, 3.8) is 0 Å². The lowest BCUT2D eigenvalue weighted by Crippen LogP contribution is -2.65. The van der Waals surface area contributed by atoms with E-state index in [-0.39, 0.29) is 24.8 Å². The molecule has 4 rings (SSSR count). The molecule has 0 saturated carbocycles. The summed E-state index contributed by atoms with van der Waals surface area (Å²) >= 11 is 0. The number of hydrogen-bond acceptors (Lipinski definition) is 3. The molecule has 150 valence electrons. The second-order valence-corrected chi connectivity index (χ2v) is 7.38. The number of rotatable bonds is 5. The summed E-state index contributed by atoms with van der Waals surface area (Å²) in [4.78, 5) is 14.4. The number of carbonyl (C=O) groups is 1. The fourth-order valence-electron chi connectivity index (χ4n) is 4.30. The molecule has 0 bridgehead atoms. The molecule has 0 aromatic heterocycles. The van der Waals surface area contributed by atoms with Gasteiger partial charge in [-0.1, -0.05) is 72.8 Å². The number of halogens is 1. The molecule has 1 saturated heterocycles. The number of carbonyl (C=O) groups excluding carboxylic acids is 1. The Labute approximate surface area is 174 Å². The summed E-state index contributed by atoms with van der Waals surface area (Å²) in [6.45, 7) is -0.269. The number of hydrogen-bond donors (Lipinski definition) is 1. The third kappa shape index (κ3) is 3.47. The Hall–Kier alpha value is -3.49. The maximum Gasteiger partial charge on any atom is 0.228 e. The molecular formula is C25H21FN2O2. The van der Waals surface area contributed by atoms with Crippen molar-refractivity contribution in [3.05, 3.63) is 95.8 Å². The van der Waals surface area contributed by atoms with Gasteiger partial charge in [0.25, 0.3) is 0 Å². The van der Waals surface area contributed by atoms with Gasteiger partial charge in [0.05, 0.1) is 25.1 Å². The van der Waals surface area contributed by atoms with Crippen LogP contribution in [0.1, 0.15) is 17.0 Å². The van der Waals surface area contributed by atoms with Crippen molar-refractivity contribution in [1.82, 2.24) is 4.90 Å². The maximum atomic E-state index is 14.5. The van der Waals surface area contributed by atoms with Crippen LogP contribution >= 0.6 is 0 Å². The van der Waals surface area contributed by atoms with Crippen LogP contribution in [0.5, 0.6) is 0 Å².